The Labute approximate surface area is 226 Å². The van der Waals surface area contributed by atoms with E-state index in [4.69, 9.17) is 14.6 Å². The maximum Gasteiger partial charge on any atom is 0.387 e. The predicted octanol–water partition coefficient (Wildman–Crippen LogP) is 3.66. The number of hydrogen-bond donors (Lipinski definition) is 2. The van der Waals surface area contributed by atoms with Crippen LogP contribution in [0.1, 0.15) is 28.8 Å². The number of anilines is 1. The fourth-order valence-corrected chi connectivity index (χ4v) is 4.60. The van der Waals surface area contributed by atoms with Crippen LogP contribution in [0.25, 0.3) is 0 Å². The number of nitrogens with one attached hydrogen (secondary N) is 1. The fourth-order valence-electron chi connectivity index (χ4n) is 4.60. The minimum atomic E-state index is -3.06. The van der Waals surface area contributed by atoms with Crippen LogP contribution in [-0.4, -0.2) is 60.9 Å². The third-order valence-electron chi connectivity index (χ3n) is 6.34. The number of methoxy groups -OCH3 is 1. The number of aliphatic hydroxyl groups is 1. The standard InChI is InChI=1S/C27H25F4N3O6/c1-14-22(23-18(28)12-17(38-2)13-19(23)29)24(33-25(36)15-6-8-16(9-7-15)40-27(30)31)26(37)34(14)20-4-3-5-21(32-20)39-11-10-35/h3-9,12-14,22,24,27,35H,10-11H2,1-2H3,(H,33,36)/t14-,22-,24-/m0/s1. The van der Waals surface area contributed by atoms with E-state index in [-0.39, 0.29) is 42.0 Å². The van der Waals surface area contributed by atoms with Crippen molar-refractivity contribution in [2.24, 2.45) is 0 Å². The van der Waals surface area contributed by atoms with Gasteiger partial charge in [0.15, 0.2) is 0 Å². The molecule has 13 heteroatoms. The van der Waals surface area contributed by atoms with Crippen molar-refractivity contribution in [1.82, 2.24) is 10.3 Å². The minimum absolute atomic E-state index is 0.00697. The van der Waals surface area contributed by atoms with E-state index >= 15 is 8.78 Å². The number of amides is 2. The number of hydrogen-bond acceptors (Lipinski definition) is 7. The van der Waals surface area contributed by atoms with Crippen LogP contribution in [0.2, 0.25) is 0 Å². The van der Waals surface area contributed by atoms with Gasteiger partial charge in [0.05, 0.1) is 13.7 Å². The van der Waals surface area contributed by atoms with Crippen molar-refractivity contribution in [3.05, 3.63) is 77.4 Å². The number of aliphatic hydroxyl groups excluding tert-OH is 1. The first-order valence-electron chi connectivity index (χ1n) is 12.1. The molecule has 0 spiro atoms. The van der Waals surface area contributed by atoms with Gasteiger partial charge in [0.2, 0.25) is 5.88 Å². The summed E-state index contributed by atoms with van der Waals surface area (Å²) in [5.74, 6) is -4.73. The zero-order valence-electron chi connectivity index (χ0n) is 21.3. The maximum atomic E-state index is 15.3. The summed E-state index contributed by atoms with van der Waals surface area (Å²) in [4.78, 5) is 32.3. The van der Waals surface area contributed by atoms with Crippen molar-refractivity contribution in [3.63, 3.8) is 0 Å². The summed E-state index contributed by atoms with van der Waals surface area (Å²) in [5.41, 5.74) is -0.449. The van der Waals surface area contributed by atoms with Gasteiger partial charge >= 0.3 is 6.61 Å². The molecule has 40 heavy (non-hydrogen) atoms. The third kappa shape index (κ3) is 5.93. The van der Waals surface area contributed by atoms with Crippen molar-refractivity contribution in [1.29, 1.82) is 0 Å². The molecule has 212 valence electrons. The summed E-state index contributed by atoms with van der Waals surface area (Å²) >= 11 is 0. The summed E-state index contributed by atoms with van der Waals surface area (Å²) in [6.07, 6.45) is 0. The van der Waals surface area contributed by atoms with Crippen LogP contribution in [0, 0.1) is 11.6 Å². The molecule has 2 aromatic carbocycles. The normalized spacial score (nSPS) is 18.6. The average molecular weight is 564 g/mol. The van der Waals surface area contributed by atoms with E-state index < -0.39 is 53.6 Å². The van der Waals surface area contributed by atoms with Gasteiger partial charge in [-0.3, -0.25) is 14.5 Å². The number of rotatable bonds is 10. The number of nitrogens with zero attached hydrogens (tertiary/aromatic N) is 2. The highest BCUT2D eigenvalue weighted by molar-refractivity contribution is 6.05. The molecule has 0 radical (unpaired) electrons. The van der Waals surface area contributed by atoms with Gasteiger partial charge in [-0.15, -0.1) is 0 Å². The lowest BCUT2D eigenvalue weighted by atomic mass is 9.87. The highest BCUT2D eigenvalue weighted by Crippen LogP contribution is 2.40. The lowest BCUT2D eigenvalue weighted by Gasteiger charge is -2.25. The first-order valence-corrected chi connectivity index (χ1v) is 12.1. The van der Waals surface area contributed by atoms with Gasteiger partial charge in [0.25, 0.3) is 11.8 Å². The van der Waals surface area contributed by atoms with E-state index in [0.717, 1.165) is 24.3 Å². The van der Waals surface area contributed by atoms with E-state index in [1.165, 1.54) is 36.3 Å². The molecule has 1 saturated heterocycles. The molecule has 9 nitrogen and oxygen atoms in total. The molecular formula is C27H25F4N3O6. The third-order valence-corrected chi connectivity index (χ3v) is 6.34. The number of ether oxygens (including phenoxy) is 3. The highest BCUT2D eigenvalue weighted by Gasteiger charge is 2.50. The van der Waals surface area contributed by atoms with Crippen LogP contribution in [0.4, 0.5) is 23.4 Å². The summed E-state index contributed by atoms with van der Waals surface area (Å²) < 4.78 is 70.0. The first kappa shape index (κ1) is 28.6. The number of carbonyl (C=O) groups excluding carboxylic acids is 2. The highest BCUT2D eigenvalue weighted by atomic mass is 19.3. The number of benzene rings is 2. The molecule has 0 saturated carbocycles. The fraction of sp³-hybridized carbons (Fsp3) is 0.296. The minimum Gasteiger partial charge on any atom is -0.497 e. The maximum absolute atomic E-state index is 15.3. The lowest BCUT2D eigenvalue weighted by Crippen LogP contribution is -2.44. The monoisotopic (exact) mass is 563 g/mol. The van der Waals surface area contributed by atoms with Gasteiger partial charge in [0.1, 0.15) is 41.6 Å². The molecule has 2 amide bonds. The number of pyridine rings is 1. The molecule has 1 aliphatic rings. The van der Waals surface area contributed by atoms with Gasteiger partial charge in [-0.2, -0.15) is 13.8 Å². The Kier molecular flexibility index (Phi) is 8.73. The smallest absolute Gasteiger partial charge is 0.387 e. The molecule has 1 fully saturated rings. The van der Waals surface area contributed by atoms with Crippen LogP contribution in [-0.2, 0) is 4.79 Å². The summed E-state index contributed by atoms with van der Waals surface area (Å²) in [6.45, 7) is -1.83. The topological polar surface area (TPSA) is 110 Å². The van der Waals surface area contributed by atoms with Crippen molar-refractivity contribution >= 4 is 17.6 Å². The van der Waals surface area contributed by atoms with Crippen LogP contribution in [0.15, 0.2) is 54.6 Å². The Morgan fingerprint density at radius 3 is 2.38 bits per heavy atom. The lowest BCUT2D eigenvalue weighted by molar-refractivity contribution is -0.118. The second-order valence-electron chi connectivity index (χ2n) is 8.74. The Morgan fingerprint density at radius 1 is 1.10 bits per heavy atom. The van der Waals surface area contributed by atoms with Crippen LogP contribution < -0.4 is 24.4 Å². The predicted molar refractivity (Wildman–Crippen MR) is 134 cm³/mol. The Hall–Kier alpha value is -4.39. The van der Waals surface area contributed by atoms with E-state index in [9.17, 15) is 18.4 Å². The van der Waals surface area contributed by atoms with Crippen LogP contribution in [0.3, 0.4) is 0 Å². The number of carbonyl (C=O) groups is 2. The Balaban J connectivity index is 1.72. The zero-order valence-corrected chi connectivity index (χ0v) is 21.3. The van der Waals surface area contributed by atoms with Gasteiger partial charge in [-0.1, -0.05) is 6.07 Å². The average Bonchev–Trinajstić information content (AvgIpc) is 3.15. The second-order valence-corrected chi connectivity index (χ2v) is 8.74. The number of alkyl halides is 2. The molecule has 0 unspecified atom stereocenters. The summed E-state index contributed by atoms with van der Waals surface area (Å²) in [7, 11) is 1.25. The molecule has 0 bridgehead atoms. The molecule has 2 heterocycles. The van der Waals surface area contributed by atoms with E-state index in [1.54, 1.807) is 13.0 Å². The van der Waals surface area contributed by atoms with E-state index in [2.05, 4.69) is 15.0 Å². The van der Waals surface area contributed by atoms with E-state index in [0.29, 0.717) is 0 Å². The van der Waals surface area contributed by atoms with Crippen LogP contribution >= 0.6 is 0 Å². The quantitative estimate of drug-likeness (QED) is 0.363. The SMILES string of the molecule is COc1cc(F)c([C@H]2[C@H](NC(=O)c3ccc(OC(F)F)cc3)C(=O)N(c3cccc(OCCO)n3)[C@H]2C)c(F)c1. The first-order chi connectivity index (χ1) is 19.1. The van der Waals surface area contributed by atoms with E-state index in [1.807, 2.05) is 0 Å². The zero-order chi connectivity index (χ0) is 29.0. The summed E-state index contributed by atoms with van der Waals surface area (Å²) in [6, 6.07) is 8.85. The van der Waals surface area contributed by atoms with Crippen LogP contribution in [0.5, 0.6) is 17.4 Å². The molecule has 1 aliphatic heterocycles. The van der Waals surface area contributed by atoms with Gasteiger partial charge < -0.3 is 24.6 Å². The molecule has 3 atom stereocenters. The van der Waals surface area contributed by atoms with Gasteiger partial charge in [0, 0.05) is 41.3 Å². The van der Waals surface area contributed by atoms with Crippen molar-refractivity contribution in [2.45, 2.75) is 31.5 Å². The molecular weight excluding hydrogens is 538 g/mol. The molecule has 2 N–H and O–H groups in total. The molecule has 0 aliphatic carbocycles. The van der Waals surface area contributed by atoms with Gasteiger partial charge in [-0.05, 0) is 37.3 Å². The van der Waals surface area contributed by atoms with Crippen molar-refractivity contribution in [2.75, 3.05) is 25.2 Å². The Bertz CT molecular complexity index is 1350. The second kappa shape index (κ2) is 12.2. The Morgan fingerprint density at radius 2 is 1.77 bits per heavy atom. The van der Waals surface area contributed by atoms with Gasteiger partial charge in [-0.25, -0.2) is 8.78 Å². The number of halogens is 4. The number of aromatic nitrogens is 1. The van der Waals surface area contributed by atoms with Crippen molar-refractivity contribution < 1.29 is 46.5 Å². The molecule has 4 rings (SSSR count). The largest absolute Gasteiger partial charge is 0.497 e. The molecule has 1 aromatic heterocycles. The summed E-state index contributed by atoms with van der Waals surface area (Å²) in [5, 5.41) is 11.6. The molecule has 3 aromatic rings. The van der Waals surface area contributed by atoms with Crippen molar-refractivity contribution in [3.8, 4) is 17.4 Å².